The van der Waals surface area contributed by atoms with Crippen molar-refractivity contribution in [1.82, 2.24) is 9.88 Å². The lowest BCUT2D eigenvalue weighted by Gasteiger charge is -2.23. The highest BCUT2D eigenvalue weighted by atomic mass is 19.1. The lowest BCUT2D eigenvalue weighted by Crippen LogP contribution is -2.34. The molecule has 5 rings (SSSR count). The van der Waals surface area contributed by atoms with E-state index >= 15 is 0 Å². The molecule has 4 aromatic rings. The van der Waals surface area contributed by atoms with Gasteiger partial charge in [0.05, 0.1) is 12.8 Å². The van der Waals surface area contributed by atoms with Crippen LogP contribution in [0, 0.1) is 11.6 Å². The average molecular weight is 449 g/mol. The second-order valence-corrected chi connectivity index (χ2v) is 7.84. The summed E-state index contributed by atoms with van der Waals surface area (Å²) >= 11 is 0. The van der Waals surface area contributed by atoms with Crippen LogP contribution in [-0.2, 0) is 0 Å². The molecule has 1 aliphatic heterocycles. The summed E-state index contributed by atoms with van der Waals surface area (Å²) in [5.74, 6) is -0.278. The number of methoxy groups -OCH3 is 1. The van der Waals surface area contributed by atoms with Gasteiger partial charge in [-0.05, 0) is 54.8 Å². The number of benzene rings is 3. The monoisotopic (exact) mass is 449 g/mol. The summed E-state index contributed by atoms with van der Waals surface area (Å²) in [5.41, 5.74) is 2.51. The standard InChI is InChI=1S/C25H21F2N3O3/c1-32-22-7-3-2-5-19(22)29-25(31)30-12-4-6-21(30)24-28-20-13-15(8-11-23(20)33-24)17-10-9-16(26)14-18(17)27/h2-3,5,7-11,13-14,21H,4,6,12H2,1H3,(H,29,31). The van der Waals surface area contributed by atoms with Crippen molar-refractivity contribution in [3.63, 3.8) is 0 Å². The number of urea groups is 1. The maximum absolute atomic E-state index is 14.2. The average Bonchev–Trinajstić information content (AvgIpc) is 3.46. The number of rotatable bonds is 4. The molecule has 1 N–H and O–H groups in total. The van der Waals surface area contributed by atoms with E-state index in [1.807, 2.05) is 12.1 Å². The Morgan fingerprint density at radius 3 is 2.82 bits per heavy atom. The van der Waals surface area contributed by atoms with E-state index in [4.69, 9.17) is 9.15 Å². The zero-order valence-corrected chi connectivity index (χ0v) is 17.8. The van der Waals surface area contributed by atoms with Gasteiger partial charge in [0.25, 0.3) is 0 Å². The van der Waals surface area contributed by atoms with Crippen molar-refractivity contribution in [2.75, 3.05) is 19.0 Å². The largest absolute Gasteiger partial charge is 0.495 e. The van der Waals surface area contributed by atoms with Crippen LogP contribution in [0.3, 0.4) is 0 Å². The Morgan fingerprint density at radius 1 is 1.15 bits per heavy atom. The fourth-order valence-electron chi connectivity index (χ4n) is 4.18. The smallest absolute Gasteiger partial charge is 0.322 e. The van der Waals surface area contributed by atoms with Gasteiger partial charge < -0.3 is 19.4 Å². The highest BCUT2D eigenvalue weighted by molar-refractivity contribution is 5.91. The molecular weight excluding hydrogens is 428 g/mol. The van der Waals surface area contributed by atoms with Gasteiger partial charge in [0.15, 0.2) is 5.58 Å². The van der Waals surface area contributed by atoms with Gasteiger partial charge in [-0.25, -0.2) is 18.6 Å². The molecule has 0 spiro atoms. The number of para-hydroxylation sites is 2. The van der Waals surface area contributed by atoms with Crippen LogP contribution in [0.2, 0.25) is 0 Å². The molecule has 0 radical (unpaired) electrons. The SMILES string of the molecule is COc1ccccc1NC(=O)N1CCCC1c1nc2cc(-c3ccc(F)cc3F)ccc2o1. The molecule has 1 fully saturated rings. The quantitative estimate of drug-likeness (QED) is 0.406. The number of likely N-dealkylation sites (tertiary alicyclic amines) is 1. The first kappa shape index (κ1) is 20.9. The van der Waals surface area contributed by atoms with Crippen LogP contribution in [0.4, 0.5) is 19.3 Å². The normalized spacial score (nSPS) is 15.7. The third kappa shape index (κ3) is 4.00. The van der Waals surface area contributed by atoms with Crippen LogP contribution in [-0.4, -0.2) is 29.6 Å². The summed E-state index contributed by atoms with van der Waals surface area (Å²) in [6.07, 6.45) is 1.53. The molecular formula is C25H21F2N3O3. The Bertz CT molecular complexity index is 1340. The zero-order valence-electron chi connectivity index (χ0n) is 17.8. The highest BCUT2D eigenvalue weighted by Gasteiger charge is 2.34. The van der Waals surface area contributed by atoms with Crippen LogP contribution < -0.4 is 10.1 Å². The van der Waals surface area contributed by atoms with E-state index in [1.165, 1.54) is 12.1 Å². The number of amides is 2. The molecule has 0 aliphatic carbocycles. The number of aromatic nitrogens is 1. The number of ether oxygens (including phenoxy) is 1. The van der Waals surface area contributed by atoms with Gasteiger partial charge in [-0.15, -0.1) is 0 Å². The first-order valence-corrected chi connectivity index (χ1v) is 10.6. The number of anilines is 1. The lowest BCUT2D eigenvalue weighted by molar-refractivity contribution is 0.198. The topological polar surface area (TPSA) is 67.6 Å². The van der Waals surface area contributed by atoms with Gasteiger partial charge in [0.1, 0.15) is 28.9 Å². The molecule has 168 valence electrons. The Kier molecular flexibility index (Phi) is 5.42. The molecule has 1 atom stereocenters. The van der Waals surface area contributed by atoms with Gasteiger partial charge in [-0.3, -0.25) is 0 Å². The predicted molar refractivity (Wildman–Crippen MR) is 120 cm³/mol. The number of carbonyl (C=O) groups excluding carboxylic acids is 1. The predicted octanol–water partition coefficient (Wildman–Crippen LogP) is 6.15. The maximum Gasteiger partial charge on any atom is 0.322 e. The third-order valence-electron chi connectivity index (χ3n) is 5.79. The lowest BCUT2D eigenvalue weighted by atomic mass is 10.0. The molecule has 0 saturated carbocycles. The number of nitrogens with one attached hydrogen (secondary N) is 1. The molecule has 8 heteroatoms. The van der Waals surface area contributed by atoms with Crippen LogP contribution in [0.5, 0.6) is 5.75 Å². The Labute approximate surface area is 188 Å². The molecule has 1 aliphatic rings. The van der Waals surface area contributed by atoms with Crippen molar-refractivity contribution in [1.29, 1.82) is 0 Å². The minimum absolute atomic E-state index is 0.265. The van der Waals surface area contributed by atoms with Gasteiger partial charge in [0.2, 0.25) is 5.89 Å². The summed E-state index contributed by atoms with van der Waals surface area (Å²) in [5, 5.41) is 2.90. The third-order valence-corrected chi connectivity index (χ3v) is 5.79. The summed E-state index contributed by atoms with van der Waals surface area (Å²) in [6, 6.07) is 15.2. The Hall–Kier alpha value is -3.94. The van der Waals surface area contributed by atoms with E-state index in [-0.39, 0.29) is 17.6 Å². The summed E-state index contributed by atoms with van der Waals surface area (Å²) < 4.78 is 38.7. The van der Waals surface area contributed by atoms with E-state index < -0.39 is 11.6 Å². The molecule has 2 amide bonds. The van der Waals surface area contributed by atoms with Crippen LogP contribution in [0.15, 0.2) is 65.1 Å². The molecule has 1 aromatic heterocycles. The van der Waals surface area contributed by atoms with Gasteiger partial charge in [-0.2, -0.15) is 0 Å². The molecule has 0 bridgehead atoms. The van der Waals surface area contributed by atoms with E-state index in [0.29, 0.717) is 47.0 Å². The van der Waals surface area contributed by atoms with Crippen molar-refractivity contribution in [3.05, 3.63) is 78.2 Å². The van der Waals surface area contributed by atoms with Crippen molar-refractivity contribution in [2.45, 2.75) is 18.9 Å². The Morgan fingerprint density at radius 2 is 2.00 bits per heavy atom. The molecule has 3 aromatic carbocycles. The van der Waals surface area contributed by atoms with E-state index in [0.717, 1.165) is 12.5 Å². The summed E-state index contributed by atoms with van der Waals surface area (Å²) in [7, 11) is 1.55. The fourth-order valence-corrected chi connectivity index (χ4v) is 4.18. The minimum atomic E-state index is -0.645. The number of hydrogen-bond acceptors (Lipinski definition) is 4. The first-order valence-electron chi connectivity index (χ1n) is 10.6. The maximum atomic E-state index is 14.2. The van der Waals surface area contributed by atoms with E-state index in [9.17, 15) is 13.6 Å². The van der Waals surface area contributed by atoms with E-state index in [1.54, 1.807) is 42.3 Å². The zero-order chi connectivity index (χ0) is 22.9. The molecule has 33 heavy (non-hydrogen) atoms. The van der Waals surface area contributed by atoms with Crippen LogP contribution >= 0.6 is 0 Å². The molecule has 1 saturated heterocycles. The number of carbonyl (C=O) groups is 1. The molecule has 1 unspecified atom stereocenters. The number of nitrogens with zero attached hydrogens (tertiary/aromatic N) is 2. The Balaban J connectivity index is 1.41. The summed E-state index contributed by atoms with van der Waals surface area (Å²) in [4.78, 5) is 19.3. The second kappa shape index (κ2) is 8.54. The van der Waals surface area contributed by atoms with Gasteiger partial charge >= 0.3 is 6.03 Å². The van der Waals surface area contributed by atoms with Crippen molar-refractivity contribution < 1.29 is 22.7 Å². The number of oxazole rings is 1. The van der Waals surface area contributed by atoms with Gasteiger partial charge in [-0.1, -0.05) is 18.2 Å². The van der Waals surface area contributed by atoms with Gasteiger partial charge in [0, 0.05) is 18.2 Å². The summed E-state index contributed by atoms with van der Waals surface area (Å²) in [6.45, 7) is 0.566. The highest BCUT2D eigenvalue weighted by Crippen LogP contribution is 2.35. The number of fused-ring (bicyclic) bond motifs is 1. The molecule has 2 heterocycles. The van der Waals surface area contributed by atoms with Crippen molar-refractivity contribution >= 4 is 22.8 Å². The first-order chi connectivity index (χ1) is 16.0. The fraction of sp³-hybridized carbons (Fsp3) is 0.200. The van der Waals surface area contributed by atoms with Crippen molar-refractivity contribution in [2.24, 2.45) is 0 Å². The second-order valence-electron chi connectivity index (χ2n) is 7.84. The minimum Gasteiger partial charge on any atom is -0.495 e. The van der Waals surface area contributed by atoms with Crippen LogP contribution in [0.1, 0.15) is 24.8 Å². The number of hydrogen-bond donors (Lipinski definition) is 1. The van der Waals surface area contributed by atoms with E-state index in [2.05, 4.69) is 10.3 Å². The van der Waals surface area contributed by atoms with Crippen molar-refractivity contribution in [3.8, 4) is 16.9 Å². The molecule has 6 nitrogen and oxygen atoms in total. The number of halogens is 2. The van der Waals surface area contributed by atoms with Crippen LogP contribution in [0.25, 0.3) is 22.2 Å².